The number of fused-ring (bicyclic) bond motifs is 1. The zero-order valence-electron chi connectivity index (χ0n) is 23.6. The second kappa shape index (κ2) is 12.5. The SMILES string of the molecule is CCN(CC)CCN(c1ccc2c(c1)nc(CCc1ccc(C(=N)N)cc1)n2C)S(=O)(=O)c1ccc(OC)cc1. The molecular weight excluding hydrogens is 524 g/mol. The number of nitrogens with zero attached hydrogens (tertiary/aromatic N) is 4. The molecular formula is C30H38N6O3S. The smallest absolute Gasteiger partial charge is 0.264 e. The Labute approximate surface area is 236 Å². The quantitative estimate of drug-likeness (QED) is 0.186. The summed E-state index contributed by atoms with van der Waals surface area (Å²) in [6.07, 6.45) is 1.50. The number of benzene rings is 3. The number of anilines is 1. The van der Waals surface area contributed by atoms with Gasteiger partial charge in [0.1, 0.15) is 17.4 Å². The van der Waals surface area contributed by atoms with Crippen LogP contribution in [0.4, 0.5) is 5.69 Å². The predicted molar refractivity (Wildman–Crippen MR) is 161 cm³/mol. The standard InChI is InChI=1S/C30H38N6O3S/c1-5-35(6-2)19-20-36(40(37,38)26-15-13-25(39-4)14-16-26)24-12-17-28-27(21-24)33-29(34(28)3)18-9-22-7-10-23(11-8-22)30(31)32/h7-8,10-17,21H,5-6,9,18-20H2,1-4H3,(H3,31,32). The van der Waals surface area contributed by atoms with Crippen molar-refractivity contribution in [2.45, 2.75) is 31.6 Å². The van der Waals surface area contributed by atoms with E-state index in [0.29, 0.717) is 30.1 Å². The number of aryl methyl sites for hydroxylation is 3. The van der Waals surface area contributed by atoms with Gasteiger partial charge in [0.2, 0.25) is 0 Å². The topological polar surface area (TPSA) is 118 Å². The number of imidazole rings is 1. The van der Waals surface area contributed by atoms with Crippen LogP contribution in [0.15, 0.2) is 71.6 Å². The van der Waals surface area contributed by atoms with Gasteiger partial charge in [0.25, 0.3) is 10.0 Å². The minimum absolute atomic E-state index is 0.0536. The number of hydrogen-bond acceptors (Lipinski definition) is 6. The molecule has 4 aromatic rings. The molecule has 0 aliphatic heterocycles. The second-order valence-corrected chi connectivity index (χ2v) is 11.5. The Bertz CT molecular complexity index is 1560. The highest BCUT2D eigenvalue weighted by atomic mass is 32.2. The number of hydrogen-bond donors (Lipinski definition) is 2. The fourth-order valence-corrected chi connectivity index (χ4v) is 6.21. The van der Waals surface area contributed by atoms with Crippen LogP contribution < -0.4 is 14.8 Å². The lowest BCUT2D eigenvalue weighted by molar-refractivity contribution is 0.313. The van der Waals surface area contributed by atoms with E-state index in [0.717, 1.165) is 48.4 Å². The fourth-order valence-electron chi connectivity index (χ4n) is 4.76. The molecule has 0 spiro atoms. The van der Waals surface area contributed by atoms with Crippen molar-refractivity contribution in [3.8, 4) is 5.75 Å². The van der Waals surface area contributed by atoms with E-state index in [9.17, 15) is 8.42 Å². The number of aromatic nitrogens is 2. The van der Waals surface area contributed by atoms with Gasteiger partial charge >= 0.3 is 0 Å². The molecule has 1 aromatic heterocycles. The molecule has 4 rings (SSSR count). The highest BCUT2D eigenvalue weighted by Gasteiger charge is 2.26. The van der Waals surface area contributed by atoms with Crippen LogP contribution in [-0.4, -0.2) is 62.0 Å². The molecule has 0 fully saturated rings. The first-order valence-electron chi connectivity index (χ1n) is 13.5. The Morgan fingerprint density at radius 2 is 1.65 bits per heavy atom. The van der Waals surface area contributed by atoms with Crippen molar-refractivity contribution in [1.29, 1.82) is 5.41 Å². The van der Waals surface area contributed by atoms with Crippen molar-refractivity contribution in [3.63, 3.8) is 0 Å². The van der Waals surface area contributed by atoms with E-state index < -0.39 is 10.0 Å². The molecule has 0 bridgehead atoms. The molecule has 0 saturated heterocycles. The van der Waals surface area contributed by atoms with Crippen molar-refractivity contribution < 1.29 is 13.2 Å². The maximum absolute atomic E-state index is 13.9. The van der Waals surface area contributed by atoms with Gasteiger partial charge in [0.15, 0.2) is 0 Å². The lowest BCUT2D eigenvalue weighted by atomic mass is 10.1. The van der Waals surface area contributed by atoms with Crippen molar-refractivity contribution in [3.05, 3.63) is 83.7 Å². The van der Waals surface area contributed by atoms with Crippen molar-refractivity contribution in [2.24, 2.45) is 12.8 Å². The van der Waals surface area contributed by atoms with E-state index in [4.69, 9.17) is 20.9 Å². The Morgan fingerprint density at radius 1 is 0.975 bits per heavy atom. The fraction of sp³-hybridized carbons (Fsp3) is 0.333. The number of amidine groups is 1. The molecule has 3 aromatic carbocycles. The van der Waals surface area contributed by atoms with Gasteiger partial charge in [-0.05, 0) is 67.5 Å². The maximum Gasteiger partial charge on any atom is 0.264 e. The lowest BCUT2D eigenvalue weighted by Crippen LogP contribution is -2.38. The largest absolute Gasteiger partial charge is 0.497 e. The second-order valence-electron chi connectivity index (χ2n) is 9.65. The van der Waals surface area contributed by atoms with Gasteiger partial charge in [-0.1, -0.05) is 38.1 Å². The summed E-state index contributed by atoms with van der Waals surface area (Å²) >= 11 is 0. The molecule has 212 valence electrons. The molecule has 1 heterocycles. The molecule has 0 atom stereocenters. The number of nitrogen functional groups attached to an aromatic ring is 1. The summed E-state index contributed by atoms with van der Waals surface area (Å²) in [5, 5.41) is 7.57. The summed E-state index contributed by atoms with van der Waals surface area (Å²) in [6, 6.07) is 19.8. The zero-order chi connectivity index (χ0) is 28.9. The van der Waals surface area contributed by atoms with Crippen LogP contribution in [0.3, 0.4) is 0 Å². The Hall–Kier alpha value is -3.89. The molecule has 0 amide bonds. The molecule has 0 aliphatic carbocycles. The lowest BCUT2D eigenvalue weighted by Gasteiger charge is -2.28. The third kappa shape index (κ3) is 6.29. The van der Waals surface area contributed by atoms with Crippen molar-refractivity contribution in [1.82, 2.24) is 14.5 Å². The third-order valence-corrected chi connectivity index (χ3v) is 9.15. The van der Waals surface area contributed by atoms with Crippen LogP contribution in [0.1, 0.15) is 30.8 Å². The maximum atomic E-state index is 13.9. The van der Waals surface area contributed by atoms with Crippen LogP contribution in [0.2, 0.25) is 0 Å². The minimum Gasteiger partial charge on any atom is -0.497 e. The van der Waals surface area contributed by atoms with Crippen LogP contribution in [0, 0.1) is 5.41 Å². The highest BCUT2D eigenvalue weighted by Crippen LogP contribution is 2.28. The number of sulfonamides is 1. The molecule has 10 heteroatoms. The number of ether oxygens (including phenoxy) is 1. The van der Waals surface area contributed by atoms with E-state index in [1.807, 2.05) is 49.5 Å². The van der Waals surface area contributed by atoms with Gasteiger partial charge in [0.05, 0.1) is 28.7 Å². The molecule has 0 aliphatic rings. The molecule has 0 radical (unpaired) electrons. The zero-order valence-corrected chi connectivity index (χ0v) is 24.4. The number of nitrogens with two attached hydrogens (primary N) is 1. The van der Waals surface area contributed by atoms with Gasteiger partial charge < -0.3 is 19.9 Å². The van der Waals surface area contributed by atoms with Gasteiger partial charge in [-0.2, -0.15) is 0 Å². The van der Waals surface area contributed by atoms with Gasteiger partial charge in [-0.15, -0.1) is 0 Å². The summed E-state index contributed by atoms with van der Waals surface area (Å²) in [5.74, 6) is 1.57. The predicted octanol–water partition coefficient (Wildman–Crippen LogP) is 4.19. The average Bonchev–Trinajstić information content (AvgIpc) is 3.28. The number of methoxy groups -OCH3 is 1. The molecule has 9 nitrogen and oxygen atoms in total. The normalized spacial score (nSPS) is 11.7. The van der Waals surface area contributed by atoms with E-state index in [2.05, 4.69) is 23.3 Å². The molecule has 0 saturated carbocycles. The van der Waals surface area contributed by atoms with Crippen molar-refractivity contribution in [2.75, 3.05) is 37.6 Å². The van der Waals surface area contributed by atoms with Crippen molar-refractivity contribution >= 4 is 32.6 Å². The first kappa shape index (κ1) is 29.1. The Kier molecular flexibility index (Phi) is 9.11. The number of rotatable bonds is 13. The van der Waals surface area contributed by atoms with Crippen LogP contribution in [0.5, 0.6) is 5.75 Å². The first-order chi connectivity index (χ1) is 19.2. The number of likely N-dealkylation sites (N-methyl/N-ethyl adjacent to an activating group) is 1. The van der Waals surface area contributed by atoms with Gasteiger partial charge in [-0.25, -0.2) is 13.4 Å². The van der Waals surface area contributed by atoms with Gasteiger partial charge in [-0.3, -0.25) is 9.71 Å². The summed E-state index contributed by atoms with van der Waals surface area (Å²) < 4.78 is 36.5. The minimum atomic E-state index is -3.83. The first-order valence-corrected chi connectivity index (χ1v) is 14.9. The average molecular weight is 563 g/mol. The summed E-state index contributed by atoms with van der Waals surface area (Å²) in [5.41, 5.74) is 9.67. The van der Waals surface area contributed by atoms with E-state index in [1.165, 1.54) is 4.31 Å². The highest BCUT2D eigenvalue weighted by molar-refractivity contribution is 7.92. The third-order valence-electron chi connectivity index (χ3n) is 7.31. The Morgan fingerprint density at radius 3 is 2.25 bits per heavy atom. The van der Waals surface area contributed by atoms with Crippen LogP contribution in [-0.2, 0) is 29.9 Å². The molecule has 0 unspecified atom stereocenters. The molecule has 3 N–H and O–H groups in total. The van der Waals surface area contributed by atoms with E-state index in [1.54, 1.807) is 31.4 Å². The molecule has 40 heavy (non-hydrogen) atoms. The Balaban J connectivity index is 1.64. The number of nitrogens with one attached hydrogen (secondary N) is 1. The van der Waals surface area contributed by atoms with Crippen LogP contribution in [0.25, 0.3) is 11.0 Å². The van der Waals surface area contributed by atoms with E-state index in [-0.39, 0.29) is 10.7 Å². The summed E-state index contributed by atoms with van der Waals surface area (Å²) in [6.45, 7) is 6.75. The summed E-state index contributed by atoms with van der Waals surface area (Å²) in [4.78, 5) is 7.30. The monoisotopic (exact) mass is 562 g/mol. The summed E-state index contributed by atoms with van der Waals surface area (Å²) in [7, 11) is -0.289. The van der Waals surface area contributed by atoms with Crippen LogP contribution >= 0.6 is 0 Å². The van der Waals surface area contributed by atoms with Gasteiger partial charge in [0, 0.05) is 32.1 Å². The van der Waals surface area contributed by atoms with E-state index >= 15 is 0 Å².